The summed E-state index contributed by atoms with van der Waals surface area (Å²) in [4.78, 5) is 21.6. The summed E-state index contributed by atoms with van der Waals surface area (Å²) in [5.41, 5.74) is -0.179. The van der Waals surface area contributed by atoms with Gasteiger partial charge in [-0.25, -0.2) is 13.1 Å². The van der Waals surface area contributed by atoms with Crippen molar-refractivity contribution >= 4 is 21.6 Å². The molecule has 0 radical (unpaired) electrons. The zero-order chi connectivity index (χ0) is 17.5. The van der Waals surface area contributed by atoms with E-state index in [4.69, 9.17) is 0 Å². The number of non-ortho nitro benzene ring substituents is 1. The minimum absolute atomic E-state index is 0.0468. The molecule has 0 saturated carbocycles. The highest BCUT2D eigenvalue weighted by molar-refractivity contribution is 7.89. The maximum absolute atomic E-state index is 12.0. The maximum Gasteiger partial charge on any atom is 0.269 e. The smallest absolute Gasteiger partial charge is 0.269 e. The normalized spacial score (nSPS) is 11.4. The van der Waals surface area contributed by atoms with Crippen molar-refractivity contribution in [1.82, 2.24) is 10.0 Å². The summed E-state index contributed by atoms with van der Waals surface area (Å²) in [7, 11) is -3.76. The largest absolute Gasteiger partial charge is 0.355 e. The van der Waals surface area contributed by atoms with Crippen LogP contribution >= 0.6 is 0 Å². The molecule has 0 aliphatic rings. The van der Waals surface area contributed by atoms with Crippen LogP contribution in [0.1, 0.15) is 26.7 Å². The van der Waals surface area contributed by atoms with E-state index in [-0.39, 0.29) is 35.5 Å². The average molecular weight is 343 g/mol. The van der Waals surface area contributed by atoms with Gasteiger partial charge in [0.2, 0.25) is 15.9 Å². The molecule has 1 aromatic rings. The van der Waals surface area contributed by atoms with Crippen molar-refractivity contribution < 1.29 is 18.1 Å². The molecule has 1 rings (SSSR count). The second kappa shape index (κ2) is 8.59. The Morgan fingerprint density at radius 1 is 1.17 bits per heavy atom. The van der Waals surface area contributed by atoms with Crippen LogP contribution in [0.3, 0.4) is 0 Å². The van der Waals surface area contributed by atoms with Crippen LogP contribution in [0, 0.1) is 16.0 Å². The molecule has 2 N–H and O–H groups in total. The van der Waals surface area contributed by atoms with Crippen LogP contribution < -0.4 is 10.0 Å². The van der Waals surface area contributed by atoms with Gasteiger partial charge in [0.25, 0.3) is 5.69 Å². The van der Waals surface area contributed by atoms with Crippen LogP contribution in [0.15, 0.2) is 29.2 Å². The number of rotatable bonds is 9. The number of nitro groups is 1. The van der Waals surface area contributed by atoms with Gasteiger partial charge in [-0.3, -0.25) is 14.9 Å². The second-order valence-corrected chi connectivity index (χ2v) is 6.72. The second-order valence-electron chi connectivity index (χ2n) is 4.95. The van der Waals surface area contributed by atoms with Crippen molar-refractivity contribution in [3.8, 4) is 0 Å². The molecule has 0 aromatic heterocycles. The first-order chi connectivity index (χ1) is 10.8. The molecule has 0 saturated heterocycles. The van der Waals surface area contributed by atoms with E-state index in [1.807, 2.05) is 13.8 Å². The van der Waals surface area contributed by atoms with E-state index in [9.17, 15) is 23.3 Å². The summed E-state index contributed by atoms with van der Waals surface area (Å²) in [6.45, 7) is 4.07. The van der Waals surface area contributed by atoms with Gasteiger partial charge in [0.1, 0.15) is 0 Å². The summed E-state index contributed by atoms with van der Waals surface area (Å²) < 4.78 is 26.4. The van der Waals surface area contributed by atoms with Crippen molar-refractivity contribution in [2.75, 3.05) is 13.1 Å². The molecule has 1 amide bonds. The molecule has 23 heavy (non-hydrogen) atoms. The van der Waals surface area contributed by atoms with Gasteiger partial charge in [0.05, 0.1) is 9.82 Å². The Morgan fingerprint density at radius 3 is 2.22 bits per heavy atom. The standard InChI is InChI=1S/C14H21N3O5S/c1-3-11(4-2)14(18)15-9-10-16-23(21,22)13-7-5-12(6-8-13)17(19)20/h5-8,11,16H,3-4,9-10H2,1-2H3,(H,15,18). The van der Waals surface area contributed by atoms with Gasteiger partial charge < -0.3 is 5.32 Å². The summed E-state index contributed by atoms with van der Waals surface area (Å²) in [6.07, 6.45) is 1.47. The molecular formula is C14H21N3O5S. The van der Waals surface area contributed by atoms with Crippen LogP contribution in [-0.4, -0.2) is 32.3 Å². The minimum atomic E-state index is -3.76. The monoisotopic (exact) mass is 343 g/mol. The number of nitro benzene ring substituents is 1. The quantitative estimate of drug-likeness (QED) is 0.399. The molecule has 0 unspecified atom stereocenters. The van der Waals surface area contributed by atoms with Gasteiger partial charge in [-0.05, 0) is 25.0 Å². The van der Waals surface area contributed by atoms with E-state index in [1.54, 1.807) is 0 Å². The van der Waals surface area contributed by atoms with E-state index in [0.29, 0.717) is 0 Å². The van der Waals surface area contributed by atoms with E-state index in [2.05, 4.69) is 10.0 Å². The first-order valence-electron chi connectivity index (χ1n) is 7.33. The summed E-state index contributed by atoms with van der Waals surface area (Å²) in [5.74, 6) is -0.161. The molecule has 0 aliphatic heterocycles. The molecule has 0 aliphatic carbocycles. The van der Waals surface area contributed by atoms with Crippen LogP contribution in [0.4, 0.5) is 5.69 Å². The molecule has 1 aromatic carbocycles. The van der Waals surface area contributed by atoms with Crippen LogP contribution in [0.5, 0.6) is 0 Å². The van der Waals surface area contributed by atoms with Crippen molar-refractivity contribution in [2.45, 2.75) is 31.6 Å². The number of sulfonamides is 1. The number of carbonyl (C=O) groups is 1. The van der Waals surface area contributed by atoms with Crippen molar-refractivity contribution in [1.29, 1.82) is 0 Å². The van der Waals surface area contributed by atoms with Gasteiger partial charge in [-0.2, -0.15) is 0 Å². The average Bonchev–Trinajstić information content (AvgIpc) is 2.53. The molecular weight excluding hydrogens is 322 g/mol. The first-order valence-corrected chi connectivity index (χ1v) is 8.82. The summed E-state index contributed by atoms with van der Waals surface area (Å²) >= 11 is 0. The van der Waals surface area contributed by atoms with Crippen LogP contribution in [0.25, 0.3) is 0 Å². The fourth-order valence-corrected chi connectivity index (χ4v) is 3.04. The Kier molecular flexibility index (Phi) is 7.11. The fraction of sp³-hybridized carbons (Fsp3) is 0.500. The molecule has 0 atom stereocenters. The number of carbonyl (C=O) groups excluding carboxylic acids is 1. The molecule has 0 heterocycles. The number of hydrogen-bond acceptors (Lipinski definition) is 5. The highest BCUT2D eigenvalue weighted by Crippen LogP contribution is 2.15. The molecule has 128 valence electrons. The number of nitrogens with one attached hydrogen (secondary N) is 2. The SMILES string of the molecule is CCC(CC)C(=O)NCCNS(=O)(=O)c1ccc([N+](=O)[O-])cc1. The zero-order valence-electron chi connectivity index (χ0n) is 13.1. The van der Waals surface area contributed by atoms with E-state index in [0.717, 1.165) is 25.0 Å². The van der Waals surface area contributed by atoms with E-state index >= 15 is 0 Å². The number of benzene rings is 1. The summed E-state index contributed by atoms with van der Waals surface area (Å²) in [6, 6.07) is 4.60. The highest BCUT2D eigenvalue weighted by Gasteiger charge is 2.16. The molecule has 8 nitrogen and oxygen atoms in total. The molecule has 0 bridgehead atoms. The van der Waals surface area contributed by atoms with Crippen molar-refractivity contribution in [3.05, 3.63) is 34.4 Å². The Morgan fingerprint density at radius 2 is 1.74 bits per heavy atom. The lowest BCUT2D eigenvalue weighted by Crippen LogP contribution is -2.37. The van der Waals surface area contributed by atoms with Crippen LogP contribution in [0.2, 0.25) is 0 Å². The van der Waals surface area contributed by atoms with Crippen molar-refractivity contribution in [2.24, 2.45) is 5.92 Å². The minimum Gasteiger partial charge on any atom is -0.355 e. The highest BCUT2D eigenvalue weighted by atomic mass is 32.2. The lowest BCUT2D eigenvalue weighted by Gasteiger charge is -2.13. The third-order valence-corrected chi connectivity index (χ3v) is 4.91. The predicted molar refractivity (Wildman–Crippen MR) is 85.4 cm³/mol. The van der Waals surface area contributed by atoms with Gasteiger partial charge in [-0.15, -0.1) is 0 Å². The Hall–Kier alpha value is -2.00. The molecule has 0 spiro atoms. The van der Waals surface area contributed by atoms with E-state index in [1.165, 1.54) is 12.1 Å². The van der Waals surface area contributed by atoms with Crippen LogP contribution in [-0.2, 0) is 14.8 Å². The Labute approximate surface area is 135 Å². The van der Waals surface area contributed by atoms with Gasteiger partial charge >= 0.3 is 0 Å². The topological polar surface area (TPSA) is 118 Å². The van der Waals surface area contributed by atoms with E-state index < -0.39 is 14.9 Å². The first kappa shape index (κ1) is 19.0. The van der Waals surface area contributed by atoms with Gasteiger partial charge in [0.15, 0.2) is 0 Å². The number of amides is 1. The Bertz CT molecular complexity index is 639. The number of nitrogens with zero attached hydrogens (tertiary/aromatic N) is 1. The lowest BCUT2D eigenvalue weighted by molar-refractivity contribution is -0.384. The zero-order valence-corrected chi connectivity index (χ0v) is 13.9. The lowest BCUT2D eigenvalue weighted by atomic mass is 10.0. The Balaban J connectivity index is 2.53. The molecule has 9 heteroatoms. The third-order valence-electron chi connectivity index (χ3n) is 3.43. The fourth-order valence-electron chi connectivity index (χ4n) is 2.01. The van der Waals surface area contributed by atoms with Crippen molar-refractivity contribution in [3.63, 3.8) is 0 Å². The maximum atomic E-state index is 12.0. The summed E-state index contributed by atoms with van der Waals surface area (Å²) in [5, 5.41) is 13.2. The van der Waals surface area contributed by atoms with Gasteiger partial charge in [-0.1, -0.05) is 13.8 Å². The predicted octanol–water partition coefficient (Wildman–Crippen LogP) is 1.43. The number of hydrogen-bond donors (Lipinski definition) is 2. The van der Waals surface area contributed by atoms with Gasteiger partial charge in [0, 0.05) is 31.1 Å². The third kappa shape index (κ3) is 5.61. The molecule has 0 fully saturated rings.